The van der Waals surface area contributed by atoms with Gasteiger partial charge in [-0.05, 0) is 173 Å². The molecule has 0 bridgehead atoms. The predicted octanol–water partition coefficient (Wildman–Crippen LogP) is 14.8. The summed E-state index contributed by atoms with van der Waals surface area (Å²) >= 11 is 6.52. The lowest BCUT2D eigenvalue weighted by Crippen LogP contribution is -2.38. The lowest BCUT2D eigenvalue weighted by atomic mass is 9.86. The molecule has 6 aromatic carbocycles. The first kappa shape index (κ1) is 71.5. The number of methoxy groups -OCH3 is 2. The molecule has 0 atom stereocenters. The molecule has 0 spiro atoms. The van der Waals surface area contributed by atoms with Gasteiger partial charge in [-0.15, -0.1) is 0 Å². The first-order valence-electron chi connectivity index (χ1n) is 31.1. The number of anilines is 4. The maximum absolute atomic E-state index is 14.3. The number of aryl methyl sites for hydroxylation is 1. The Morgan fingerprint density at radius 3 is 1.88 bits per heavy atom. The van der Waals surface area contributed by atoms with Gasteiger partial charge in [-0.1, -0.05) is 35.9 Å². The standard InChI is InChI=1S/C70H75ClF6N8O10S/c1-43(2)95-60-40-56(45(5)36-59(60)81-68-79-41-57(71)65(83-68)80-58-10-8-9-11-61(58)96(88,89)44(3)4)47-24-28-84(29-25-47)62(86)26-30-92-32-34-94-35-33-93-31-27-78-67(87)50-14-12-46(13-15-50)42-85-64(49-18-22-55(91-7)23-19-49)63(48-16-20-54(90-6)21-17-48)82-66(85)51-37-52(69(72,73)74)39-53(38-51)70(75,76)77/h8-23,36-41,43-44,47H,24-35,42H2,1-7H3,(H,78,87)(H2,79,80,81,83). The molecule has 2 aromatic heterocycles. The number of rotatable bonds is 29. The van der Waals surface area contributed by atoms with Crippen molar-refractivity contribution in [1.82, 2.24) is 29.7 Å². The van der Waals surface area contributed by atoms with Crippen LogP contribution < -0.4 is 30.2 Å². The minimum atomic E-state index is -5.11. The van der Waals surface area contributed by atoms with Gasteiger partial charge in [-0.25, -0.2) is 18.4 Å². The summed E-state index contributed by atoms with van der Waals surface area (Å²) in [5.74, 6) is 1.65. The van der Waals surface area contributed by atoms with E-state index in [4.69, 9.17) is 45.0 Å². The number of alkyl halides is 6. The molecule has 8 aromatic rings. The van der Waals surface area contributed by atoms with E-state index in [9.17, 15) is 44.3 Å². The van der Waals surface area contributed by atoms with E-state index in [1.54, 1.807) is 115 Å². The second-order valence-electron chi connectivity index (χ2n) is 23.3. The van der Waals surface area contributed by atoms with E-state index in [0.717, 1.165) is 24.0 Å². The van der Waals surface area contributed by atoms with Crippen LogP contribution in [0.15, 0.2) is 138 Å². The van der Waals surface area contributed by atoms with E-state index in [0.29, 0.717) is 81.8 Å². The fourth-order valence-corrected chi connectivity index (χ4v) is 12.3. The molecule has 1 aliphatic rings. The lowest BCUT2D eigenvalue weighted by Gasteiger charge is -2.33. The van der Waals surface area contributed by atoms with Crippen LogP contribution in [0.2, 0.25) is 5.02 Å². The third kappa shape index (κ3) is 18.2. The molecule has 26 heteroatoms. The molecular weight excluding hydrogens is 1290 g/mol. The molecule has 3 N–H and O–H groups in total. The minimum absolute atomic E-state index is 0.00370. The third-order valence-corrected chi connectivity index (χ3v) is 18.4. The van der Waals surface area contributed by atoms with Crippen LogP contribution in [0.4, 0.5) is 49.5 Å². The van der Waals surface area contributed by atoms with Crippen molar-refractivity contribution in [2.75, 3.05) is 84.1 Å². The normalized spacial score (nSPS) is 13.1. The van der Waals surface area contributed by atoms with Crippen molar-refractivity contribution in [3.8, 4) is 51.2 Å². The second-order valence-corrected chi connectivity index (χ2v) is 26.1. The summed E-state index contributed by atoms with van der Waals surface area (Å²) in [6.07, 6.45) is -7.22. The number of hydrogen-bond acceptors (Lipinski definition) is 15. The Morgan fingerprint density at radius 1 is 0.688 bits per heavy atom. The van der Waals surface area contributed by atoms with E-state index in [2.05, 4.69) is 25.9 Å². The number of carbonyl (C=O) groups is 2. The molecule has 3 heterocycles. The highest BCUT2D eigenvalue weighted by Gasteiger charge is 2.38. The number of hydrogen-bond donors (Lipinski definition) is 3. The number of ether oxygens (including phenoxy) is 6. The zero-order valence-electron chi connectivity index (χ0n) is 54.0. The lowest BCUT2D eigenvalue weighted by molar-refractivity contribution is -0.143. The molecule has 0 radical (unpaired) electrons. The molecule has 1 fully saturated rings. The van der Waals surface area contributed by atoms with Gasteiger partial charge in [0.25, 0.3) is 5.91 Å². The smallest absolute Gasteiger partial charge is 0.416 e. The summed E-state index contributed by atoms with van der Waals surface area (Å²) in [7, 11) is -0.655. The van der Waals surface area contributed by atoms with Crippen molar-refractivity contribution in [2.45, 2.75) is 94.9 Å². The average Bonchev–Trinajstić information content (AvgIpc) is 1.59. The SMILES string of the molecule is COc1ccc(-c2nc(-c3cc(C(F)(F)F)cc(C(F)(F)F)c3)n(Cc3ccc(C(=O)NCCOCCOCCOCCC(=O)N4CCC(c5cc(OC(C)C)c(Nc6ncc(Cl)c(Nc7ccccc7S(=O)(=O)C(C)C)n6)cc5C)CC4)cc3)c2-c2ccc(OC)cc2)cc1. The molecule has 1 aliphatic heterocycles. The van der Waals surface area contributed by atoms with E-state index in [1.165, 1.54) is 20.4 Å². The van der Waals surface area contributed by atoms with Gasteiger partial charge in [-0.3, -0.25) is 9.59 Å². The van der Waals surface area contributed by atoms with E-state index in [-0.39, 0.29) is 116 Å². The molecule has 18 nitrogen and oxygen atoms in total. The highest BCUT2D eigenvalue weighted by molar-refractivity contribution is 7.92. The minimum Gasteiger partial charge on any atom is -0.497 e. The second kappa shape index (κ2) is 31.9. The van der Waals surface area contributed by atoms with Gasteiger partial charge < -0.3 is 53.8 Å². The Morgan fingerprint density at radius 2 is 1.28 bits per heavy atom. The first-order chi connectivity index (χ1) is 45.8. The molecule has 0 unspecified atom stereocenters. The summed E-state index contributed by atoms with van der Waals surface area (Å²) < 4.78 is 148. The van der Waals surface area contributed by atoms with Crippen LogP contribution in [0.25, 0.3) is 33.9 Å². The van der Waals surface area contributed by atoms with E-state index < -0.39 is 50.0 Å². The quantitative estimate of drug-likeness (QED) is 0.0294. The number of sulfone groups is 1. The van der Waals surface area contributed by atoms with Crippen molar-refractivity contribution in [2.24, 2.45) is 0 Å². The zero-order chi connectivity index (χ0) is 68.9. The summed E-state index contributed by atoms with van der Waals surface area (Å²) in [4.78, 5) is 42.3. The number of imidazole rings is 1. The van der Waals surface area contributed by atoms with Gasteiger partial charge in [0.1, 0.15) is 28.1 Å². The van der Waals surface area contributed by atoms with Gasteiger partial charge in [0.05, 0.1) is 117 Å². The van der Waals surface area contributed by atoms with Crippen LogP contribution in [0.3, 0.4) is 0 Å². The van der Waals surface area contributed by atoms with Crippen LogP contribution in [0.5, 0.6) is 17.2 Å². The van der Waals surface area contributed by atoms with Crippen molar-refractivity contribution >= 4 is 56.4 Å². The highest BCUT2D eigenvalue weighted by atomic mass is 35.5. The Hall–Kier alpha value is -8.75. The van der Waals surface area contributed by atoms with Gasteiger partial charge in [0, 0.05) is 48.4 Å². The number of aromatic nitrogens is 4. The monoisotopic (exact) mass is 1370 g/mol. The van der Waals surface area contributed by atoms with Crippen LogP contribution in [0, 0.1) is 6.92 Å². The predicted molar refractivity (Wildman–Crippen MR) is 354 cm³/mol. The molecule has 510 valence electrons. The number of piperidine rings is 1. The Bertz CT molecular complexity index is 4060. The van der Waals surface area contributed by atoms with Gasteiger partial charge in [0.2, 0.25) is 11.9 Å². The van der Waals surface area contributed by atoms with Crippen LogP contribution in [-0.2, 0) is 47.7 Å². The third-order valence-electron chi connectivity index (χ3n) is 15.9. The fraction of sp³-hybridized carbons (Fsp3) is 0.357. The van der Waals surface area contributed by atoms with E-state index >= 15 is 0 Å². The number of benzene rings is 6. The first-order valence-corrected chi connectivity index (χ1v) is 33.0. The Kier molecular flexibility index (Phi) is 23.7. The number of carbonyl (C=O) groups excluding carboxylic acids is 2. The number of halogens is 7. The van der Waals surface area contributed by atoms with Crippen molar-refractivity contribution in [1.29, 1.82) is 0 Å². The van der Waals surface area contributed by atoms with E-state index in [1.807, 2.05) is 37.8 Å². The van der Waals surface area contributed by atoms with Gasteiger partial charge in [0.15, 0.2) is 15.7 Å². The molecule has 2 amide bonds. The molecule has 0 saturated carbocycles. The highest BCUT2D eigenvalue weighted by Crippen LogP contribution is 2.44. The van der Waals surface area contributed by atoms with Crippen molar-refractivity contribution in [3.63, 3.8) is 0 Å². The maximum atomic E-state index is 14.3. The van der Waals surface area contributed by atoms with Gasteiger partial charge >= 0.3 is 12.4 Å². The number of likely N-dealkylation sites (tertiary alicyclic amines) is 1. The Balaban J connectivity index is 0.712. The molecule has 96 heavy (non-hydrogen) atoms. The topological polar surface area (TPSA) is 207 Å². The van der Waals surface area contributed by atoms with Crippen LogP contribution in [0.1, 0.15) is 91.1 Å². The average molecular weight is 1370 g/mol. The number of amides is 2. The molecule has 9 rings (SSSR count). The largest absolute Gasteiger partial charge is 0.497 e. The number of nitrogens with one attached hydrogen (secondary N) is 3. The van der Waals surface area contributed by atoms with Crippen molar-refractivity contribution in [3.05, 3.63) is 172 Å². The van der Waals surface area contributed by atoms with Crippen molar-refractivity contribution < 1.29 is 72.8 Å². The molecule has 0 aliphatic carbocycles. The summed E-state index contributed by atoms with van der Waals surface area (Å²) in [5, 5.41) is 8.72. The summed E-state index contributed by atoms with van der Waals surface area (Å²) in [6.45, 7) is 11.8. The summed E-state index contributed by atoms with van der Waals surface area (Å²) in [6, 6.07) is 31.9. The molecular formula is C70H75ClF6N8O10S. The maximum Gasteiger partial charge on any atom is 0.416 e. The number of para-hydroxylation sites is 1. The van der Waals surface area contributed by atoms with Gasteiger partial charge in [-0.2, -0.15) is 31.3 Å². The number of nitrogens with zero attached hydrogens (tertiary/aromatic N) is 5. The Labute approximate surface area is 558 Å². The van der Waals surface area contributed by atoms with Crippen LogP contribution >= 0.6 is 11.6 Å². The fourth-order valence-electron chi connectivity index (χ4n) is 10.9. The van der Waals surface area contributed by atoms with Crippen LogP contribution in [-0.4, -0.2) is 130 Å². The molecule has 1 saturated heterocycles. The zero-order valence-corrected chi connectivity index (χ0v) is 55.6. The summed E-state index contributed by atoms with van der Waals surface area (Å²) in [5.41, 5.74) is 2.25.